The molecule has 0 unspecified atom stereocenters. The number of hydrogen-bond donors (Lipinski definition) is 4. The highest BCUT2D eigenvalue weighted by molar-refractivity contribution is 5.83. The number of benzene rings is 2. The maximum Gasteiger partial charge on any atom is 0.243 e. The van der Waals surface area contributed by atoms with Crippen molar-refractivity contribution in [2.75, 3.05) is 0 Å². The molecule has 3 rings (SSSR count). The number of hydrogen-bond acceptors (Lipinski definition) is 3. The van der Waals surface area contributed by atoms with Gasteiger partial charge in [0.05, 0.1) is 0 Å². The molecule has 0 atom stereocenters. The van der Waals surface area contributed by atoms with E-state index in [2.05, 4.69) is 22.4 Å². The van der Waals surface area contributed by atoms with Crippen LogP contribution in [0.15, 0.2) is 54.7 Å². The Balaban J connectivity index is 1.39. The molecule has 0 fully saturated rings. The Kier molecular flexibility index (Phi) is 6.81. The summed E-state index contributed by atoms with van der Waals surface area (Å²) in [7, 11) is 0. The van der Waals surface area contributed by atoms with E-state index in [9.17, 15) is 9.59 Å². The number of amides is 2. The zero-order valence-corrected chi connectivity index (χ0v) is 15.7. The van der Waals surface area contributed by atoms with Crippen LogP contribution in [-0.4, -0.2) is 22.0 Å². The SMILES string of the molecule is O=C(CCc1ccc(CNC(=O)CCCc2c[nH]c3ccccc23)cc1)NO. The Labute approximate surface area is 163 Å². The first-order valence-corrected chi connectivity index (χ1v) is 9.48. The van der Waals surface area contributed by atoms with Gasteiger partial charge in [-0.25, -0.2) is 5.48 Å². The number of nitrogens with one attached hydrogen (secondary N) is 3. The second-order valence-corrected chi connectivity index (χ2v) is 6.84. The highest BCUT2D eigenvalue weighted by Crippen LogP contribution is 2.19. The fraction of sp³-hybridized carbons (Fsp3) is 0.273. The third kappa shape index (κ3) is 5.44. The van der Waals surface area contributed by atoms with E-state index >= 15 is 0 Å². The van der Waals surface area contributed by atoms with Crippen molar-refractivity contribution in [2.45, 2.75) is 38.6 Å². The van der Waals surface area contributed by atoms with Crippen LogP contribution in [0.3, 0.4) is 0 Å². The van der Waals surface area contributed by atoms with Crippen molar-refractivity contribution >= 4 is 22.7 Å². The summed E-state index contributed by atoms with van der Waals surface area (Å²) in [5, 5.41) is 12.7. The van der Waals surface area contributed by atoms with Crippen molar-refractivity contribution in [3.05, 3.63) is 71.4 Å². The van der Waals surface area contributed by atoms with Gasteiger partial charge < -0.3 is 10.3 Å². The van der Waals surface area contributed by atoms with Crippen LogP contribution in [0.25, 0.3) is 10.9 Å². The molecule has 1 heterocycles. The standard InChI is InChI=1S/C22H25N3O3/c26-21(7-3-4-18-15-23-20-6-2-1-5-19(18)20)24-14-17-10-8-16(9-11-17)12-13-22(27)25-28/h1-2,5-6,8-11,15,23,28H,3-4,7,12-14H2,(H,24,26)(H,25,27). The topological polar surface area (TPSA) is 94.2 Å². The third-order valence-corrected chi connectivity index (χ3v) is 4.80. The molecule has 0 radical (unpaired) electrons. The van der Waals surface area contributed by atoms with Crippen LogP contribution in [0.5, 0.6) is 0 Å². The van der Waals surface area contributed by atoms with Gasteiger partial charge in [-0.1, -0.05) is 42.5 Å². The van der Waals surface area contributed by atoms with E-state index in [4.69, 9.17) is 5.21 Å². The molecule has 2 aromatic carbocycles. The predicted molar refractivity (Wildman–Crippen MR) is 108 cm³/mol. The van der Waals surface area contributed by atoms with Crippen molar-refractivity contribution in [1.29, 1.82) is 0 Å². The average Bonchev–Trinajstić information content (AvgIpc) is 3.14. The lowest BCUT2D eigenvalue weighted by Crippen LogP contribution is -2.22. The fourth-order valence-corrected chi connectivity index (χ4v) is 3.20. The van der Waals surface area contributed by atoms with Crippen LogP contribution in [-0.2, 0) is 29.0 Å². The highest BCUT2D eigenvalue weighted by atomic mass is 16.5. The highest BCUT2D eigenvalue weighted by Gasteiger charge is 2.06. The largest absolute Gasteiger partial charge is 0.361 e. The molecular weight excluding hydrogens is 354 g/mol. The molecule has 0 aliphatic heterocycles. The summed E-state index contributed by atoms with van der Waals surface area (Å²) in [6, 6.07) is 15.9. The van der Waals surface area contributed by atoms with Crippen molar-refractivity contribution in [3.63, 3.8) is 0 Å². The van der Waals surface area contributed by atoms with Crippen LogP contribution in [0.4, 0.5) is 0 Å². The summed E-state index contributed by atoms with van der Waals surface area (Å²) < 4.78 is 0. The molecule has 3 aromatic rings. The van der Waals surface area contributed by atoms with Crippen LogP contribution >= 0.6 is 0 Å². The maximum absolute atomic E-state index is 12.1. The smallest absolute Gasteiger partial charge is 0.243 e. The first-order valence-electron chi connectivity index (χ1n) is 9.48. The molecule has 146 valence electrons. The third-order valence-electron chi connectivity index (χ3n) is 4.80. The molecule has 0 aliphatic carbocycles. The van der Waals surface area contributed by atoms with Gasteiger partial charge in [-0.05, 0) is 42.0 Å². The normalized spacial score (nSPS) is 10.8. The van der Waals surface area contributed by atoms with E-state index in [-0.39, 0.29) is 12.3 Å². The molecule has 4 N–H and O–H groups in total. The Morgan fingerprint density at radius 1 is 0.893 bits per heavy atom. The van der Waals surface area contributed by atoms with Crippen molar-refractivity contribution in [1.82, 2.24) is 15.8 Å². The van der Waals surface area contributed by atoms with E-state index in [1.165, 1.54) is 10.9 Å². The molecule has 0 aliphatic rings. The van der Waals surface area contributed by atoms with Crippen molar-refractivity contribution in [2.24, 2.45) is 0 Å². The van der Waals surface area contributed by atoms with Crippen LogP contribution in [0.1, 0.15) is 36.0 Å². The van der Waals surface area contributed by atoms with Crippen molar-refractivity contribution < 1.29 is 14.8 Å². The van der Waals surface area contributed by atoms with Crippen molar-refractivity contribution in [3.8, 4) is 0 Å². The molecule has 0 bridgehead atoms. The number of H-pyrrole nitrogens is 1. The molecule has 6 heteroatoms. The molecule has 6 nitrogen and oxygen atoms in total. The number of aromatic nitrogens is 1. The second kappa shape index (κ2) is 9.71. The van der Waals surface area contributed by atoms with Crippen LogP contribution < -0.4 is 10.8 Å². The molecular formula is C22H25N3O3. The summed E-state index contributed by atoms with van der Waals surface area (Å²) in [5.74, 6) is -0.354. The van der Waals surface area contributed by atoms with Gasteiger partial charge in [0.1, 0.15) is 0 Å². The Morgan fingerprint density at radius 2 is 1.64 bits per heavy atom. The predicted octanol–water partition coefficient (Wildman–Crippen LogP) is 3.25. The minimum absolute atomic E-state index is 0.0449. The number of para-hydroxylation sites is 1. The van der Waals surface area contributed by atoms with E-state index in [0.29, 0.717) is 19.4 Å². The summed E-state index contributed by atoms with van der Waals surface area (Å²) in [5.41, 5.74) is 6.02. The minimum atomic E-state index is -0.399. The number of rotatable bonds is 9. The van der Waals surface area contributed by atoms with Gasteiger partial charge in [0.25, 0.3) is 0 Å². The van der Waals surface area contributed by atoms with Crippen LogP contribution in [0.2, 0.25) is 0 Å². The minimum Gasteiger partial charge on any atom is -0.361 e. The zero-order valence-electron chi connectivity index (χ0n) is 15.7. The number of fused-ring (bicyclic) bond motifs is 1. The monoisotopic (exact) mass is 379 g/mol. The molecule has 0 saturated carbocycles. The molecule has 1 aromatic heterocycles. The lowest BCUT2D eigenvalue weighted by molar-refractivity contribution is -0.129. The Bertz CT molecular complexity index is 932. The lowest BCUT2D eigenvalue weighted by atomic mass is 10.1. The first-order chi connectivity index (χ1) is 13.7. The van der Waals surface area contributed by atoms with Crippen LogP contribution in [0, 0.1) is 0 Å². The Morgan fingerprint density at radius 3 is 2.43 bits per heavy atom. The average molecular weight is 379 g/mol. The van der Waals surface area contributed by atoms with Gasteiger partial charge in [0.2, 0.25) is 11.8 Å². The number of hydroxylamine groups is 1. The van der Waals surface area contributed by atoms with E-state index in [1.54, 1.807) is 5.48 Å². The Hall–Kier alpha value is -3.12. The lowest BCUT2D eigenvalue weighted by Gasteiger charge is -2.07. The van der Waals surface area contributed by atoms with Gasteiger partial charge in [-0.2, -0.15) is 0 Å². The zero-order chi connectivity index (χ0) is 19.8. The fourth-order valence-electron chi connectivity index (χ4n) is 3.20. The summed E-state index contributed by atoms with van der Waals surface area (Å²) in [6.45, 7) is 0.489. The second-order valence-electron chi connectivity index (χ2n) is 6.84. The summed E-state index contributed by atoms with van der Waals surface area (Å²) in [4.78, 5) is 26.4. The van der Waals surface area contributed by atoms with Gasteiger partial charge in [-0.15, -0.1) is 0 Å². The number of carbonyl (C=O) groups is 2. The summed E-state index contributed by atoms with van der Waals surface area (Å²) >= 11 is 0. The number of aryl methyl sites for hydroxylation is 2. The molecule has 2 amide bonds. The van der Waals surface area contributed by atoms with E-state index in [0.717, 1.165) is 29.5 Å². The van der Waals surface area contributed by atoms with Gasteiger partial charge in [0.15, 0.2) is 0 Å². The molecule has 0 saturated heterocycles. The molecule has 28 heavy (non-hydrogen) atoms. The van der Waals surface area contributed by atoms with Gasteiger partial charge in [0, 0.05) is 36.5 Å². The maximum atomic E-state index is 12.1. The quantitative estimate of drug-likeness (QED) is 0.340. The van der Waals surface area contributed by atoms with Gasteiger partial charge in [-0.3, -0.25) is 14.8 Å². The van der Waals surface area contributed by atoms with Gasteiger partial charge >= 0.3 is 0 Å². The number of carbonyl (C=O) groups excluding carboxylic acids is 2. The summed E-state index contributed by atoms with van der Waals surface area (Å²) in [6.07, 6.45) is 4.99. The van der Waals surface area contributed by atoms with E-state index in [1.807, 2.05) is 42.6 Å². The van der Waals surface area contributed by atoms with E-state index < -0.39 is 5.91 Å². The first kappa shape index (κ1) is 19.6. The number of aromatic amines is 1. The molecule has 0 spiro atoms.